The quantitative estimate of drug-likeness (QED) is 0.815. The molecule has 0 saturated carbocycles. The van der Waals surface area contributed by atoms with Gasteiger partial charge in [0.1, 0.15) is 5.76 Å². The fourth-order valence-electron chi connectivity index (χ4n) is 3.27. The van der Waals surface area contributed by atoms with Crippen molar-refractivity contribution >= 4 is 21.8 Å². The number of sulfonamides is 1. The van der Waals surface area contributed by atoms with Gasteiger partial charge in [0.05, 0.1) is 17.2 Å². The fraction of sp³-hybridized carbons (Fsp3) is 0.474. The van der Waals surface area contributed by atoms with Crippen LogP contribution >= 0.6 is 11.8 Å². The van der Waals surface area contributed by atoms with Gasteiger partial charge in [0.2, 0.25) is 10.0 Å². The zero-order valence-electron chi connectivity index (χ0n) is 15.5. The second-order valence-corrected chi connectivity index (χ2v) is 9.69. The summed E-state index contributed by atoms with van der Waals surface area (Å²) in [6.07, 6.45) is 1.64. The Morgan fingerprint density at radius 2 is 1.85 bits per heavy atom. The maximum Gasteiger partial charge on any atom is 0.240 e. The fourth-order valence-corrected chi connectivity index (χ4v) is 5.55. The summed E-state index contributed by atoms with van der Waals surface area (Å²) in [7, 11) is -3.58. The van der Waals surface area contributed by atoms with Gasteiger partial charge < -0.3 is 4.42 Å². The third-order valence-electron chi connectivity index (χ3n) is 4.91. The Morgan fingerprint density at radius 3 is 2.50 bits per heavy atom. The van der Waals surface area contributed by atoms with E-state index in [9.17, 15) is 8.42 Å². The molecule has 0 bridgehead atoms. The van der Waals surface area contributed by atoms with E-state index >= 15 is 0 Å². The van der Waals surface area contributed by atoms with Gasteiger partial charge in [-0.25, -0.2) is 13.1 Å². The van der Waals surface area contributed by atoms with Crippen LogP contribution in [-0.4, -0.2) is 44.5 Å². The van der Waals surface area contributed by atoms with E-state index in [1.165, 1.54) is 0 Å². The maximum atomic E-state index is 12.9. The highest BCUT2D eigenvalue weighted by Crippen LogP contribution is 2.25. The van der Waals surface area contributed by atoms with Crippen LogP contribution in [0.4, 0.5) is 0 Å². The van der Waals surface area contributed by atoms with E-state index in [0.717, 1.165) is 47.0 Å². The van der Waals surface area contributed by atoms with Crippen molar-refractivity contribution in [3.8, 4) is 0 Å². The molecule has 1 N–H and O–H groups in total. The summed E-state index contributed by atoms with van der Waals surface area (Å²) in [6, 6.07) is 7.36. The van der Waals surface area contributed by atoms with Crippen molar-refractivity contribution in [1.29, 1.82) is 0 Å². The van der Waals surface area contributed by atoms with Gasteiger partial charge in [0.15, 0.2) is 0 Å². The molecule has 1 fully saturated rings. The molecule has 5 nitrogen and oxygen atoms in total. The van der Waals surface area contributed by atoms with Gasteiger partial charge in [-0.2, -0.15) is 11.8 Å². The first-order chi connectivity index (χ1) is 12.4. The molecule has 0 aliphatic carbocycles. The molecule has 26 heavy (non-hydrogen) atoms. The predicted molar refractivity (Wildman–Crippen MR) is 106 cm³/mol. The molecular formula is C19H26N2O3S2. The number of furan rings is 1. The molecule has 142 valence electrons. The van der Waals surface area contributed by atoms with Gasteiger partial charge in [-0.1, -0.05) is 6.07 Å². The second-order valence-electron chi connectivity index (χ2n) is 6.73. The first-order valence-corrected chi connectivity index (χ1v) is 11.4. The van der Waals surface area contributed by atoms with Crippen LogP contribution in [0, 0.1) is 20.8 Å². The zero-order valence-corrected chi connectivity index (χ0v) is 17.1. The molecule has 1 aromatic heterocycles. The Labute approximate surface area is 160 Å². The standard InChI is InChI=1S/C19H26N2O3S2/c1-14-11-16(3)19(12-15(14)2)26(22,23)20-13-17(18-5-4-8-24-18)21-6-9-25-10-7-21/h4-5,8,11-12,17,20H,6-7,9-10,13H2,1-3H3/t17-/m1/s1. The lowest BCUT2D eigenvalue weighted by atomic mass is 10.1. The Kier molecular flexibility index (Phi) is 6.12. The molecule has 1 aliphatic rings. The number of aryl methyl sites for hydroxylation is 3. The summed E-state index contributed by atoms with van der Waals surface area (Å²) in [6.45, 7) is 7.93. The summed E-state index contributed by atoms with van der Waals surface area (Å²) in [4.78, 5) is 2.65. The van der Waals surface area contributed by atoms with E-state index in [0.29, 0.717) is 11.4 Å². The molecule has 2 aromatic rings. The molecule has 7 heteroatoms. The van der Waals surface area contributed by atoms with E-state index < -0.39 is 10.0 Å². The van der Waals surface area contributed by atoms with Crippen LogP contribution in [0.15, 0.2) is 39.8 Å². The monoisotopic (exact) mass is 394 g/mol. The Hall–Kier alpha value is -1.28. The maximum absolute atomic E-state index is 12.9. The minimum Gasteiger partial charge on any atom is -0.468 e. The lowest BCUT2D eigenvalue weighted by Gasteiger charge is -2.33. The summed E-state index contributed by atoms with van der Waals surface area (Å²) >= 11 is 1.93. The minimum absolute atomic E-state index is 0.0903. The van der Waals surface area contributed by atoms with Gasteiger partial charge in [-0.3, -0.25) is 4.90 Å². The Balaban J connectivity index is 1.81. The number of benzene rings is 1. The zero-order chi connectivity index (χ0) is 18.7. The number of nitrogens with zero attached hydrogens (tertiary/aromatic N) is 1. The number of thioether (sulfide) groups is 1. The van der Waals surface area contributed by atoms with Crippen LogP contribution in [0.25, 0.3) is 0 Å². The van der Waals surface area contributed by atoms with Crippen LogP contribution in [0.2, 0.25) is 0 Å². The smallest absolute Gasteiger partial charge is 0.240 e. The van der Waals surface area contributed by atoms with Crippen LogP contribution in [0.1, 0.15) is 28.5 Å². The van der Waals surface area contributed by atoms with E-state index in [1.54, 1.807) is 12.3 Å². The van der Waals surface area contributed by atoms with Crippen molar-refractivity contribution in [2.45, 2.75) is 31.7 Å². The lowest BCUT2D eigenvalue weighted by molar-refractivity contribution is 0.193. The van der Waals surface area contributed by atoms with Crippen molar-refractivity contribution in [1.82, 2.24) is 9.62 Å². The number of hydrogen-bond acceptors (Lipinski definition) is 5. The van der Waals surface area contributed by atoms with Crippen LogP contribution in [0.5, 0.6) is 0 Å². The van der Waals surface area contributed by atoms with Gasteiger partial charge >= 0.3 is 0 Å². The molecule has 1 aliphatic heterocycles. The Morgan fingerprint density at radius 1 is 1.15 bits per heavy atom. The summed E-state index contributed by atoms with van der Waals surface area (Å²) < 4.78 is 34.2. The molecule has 0 radical (unpaired) electrons. The molecule has 2 heterocycles. The number of nitrogens with one attached hydrogen (secondary N) is 1. The van der Waals surface area contributed by atoms with Gasteiger partial charge in [0, 0.05) is 31.1 Å². The van der Waals surface area contributed by atoms with Crippen molar-refractivity contribution in [3.05, 3.63) is 53.0 Å². The minimum atomic E-state index is -3.58. The van der Waals surface area contributed by atoms with Crippen molar-refractivity contribution in [2.24, 2.45) is 0 Å². The molecule has 1 aromatic carbocycles. The molecule has 3 rings (SSSR count). The number of hydrogen-bond donors (Lipinski definition) is 1. The van der Waals surface area contributed by atoms with Gasteiger partial charge in [0.25, 0.3) is 0 Å². The van der Waals surface area contributed by atoms with E-state index in [-0.39, 0.29) is 6.04 Å². The largest absolute Gasteiger partial charge is 0.468 e. The van der Waals surface area contributed by atoms with E-state index in [1.807, 2.05) is 50.7 Å². The summed E-state index contributed by atoms with van der Waals surface area (Å²) in [5.41, 5.74) is 2.84. The molecule has 0 unspecified atom stereocenters. The molecule has 1 atom stereocenters. The predicted octanol–water partition coefficient (Wildman–Crippen LogP) is 3.27. The number of rotatable bonds is 6. The van der Waals surface area contributed by atoms with Crippen LogP contribution < -0.4 is 4.72 Å². The molecule has 1 saturated heterocycles. The average molecular weight is 395 g/mol. The third kappa shape index (κ3) is 4.34. The molecule has 0 spiro atoms. The Bertz CT molecular complexity index is 842. The van der Waals surface area contributed by atoms with Gasteiger partial charge in [-0.15, -0.1) is 0 Å². The highest BCUT2D eigenvalue weighted by Gasteiger charge is 2.27. The summed E-state index contributed by atoms with van der Waals surface area (Å²) in [5.74, 6) is 2.91. The van der Waals surface area contributed by atoms with Crippen LogP contribution in [-0.2, 0) is 10.0 Å². The van der Waals surface area contributed by atoms with Gasteiger partial charge in [-0.05, 0) is 55.7 Å². The highest BCUT2D eigenvalue weighted by atomic mass is 32.2. The molecule has 0 amide bonds. The summed E-state index contributed by atoms with van der Waals surface area (Å²) in [5, 5.41) is 0. The van der Waals surface area contributed by atoms with E-state index in [2.05, 4.69) is 9.62 Å². The highest BCUT2D eigenvalue weighted by molar-refractivity contribution is 7.99. The second kappa shape index (κ2) is 8.17. The normalized spacial score (nSPS) is 17.3. The van der Waals surface area contributed by atoms with Crippen LogP contribution in [0.3, 0.4) is 0 Å². The SMILES string of the molecule is Cc1cc(C)c(S(=O)(=O)NC[C@H](c2ccco2)N2CCSCC2)cc1C. The lowest BCUT2D eigenvalue weighted by Crippen LogP contribution is -2.42. The first kappa shape index (κ1) is 19.5. The molecular weight excluding hydrogens is 368 g/mol. The van der Waals surface area contributed by atoms with Crippen molar-refractivity contribution in [3.63, 3.8) is 0 Å². The first-order valence-electron chi connectivity index (χ1n) is 8.81. The topological polar surface area (TPSA) is 62.6 Å². The third-order valence-corrected chi connectivity index (χ3v) is 7.41. The van der Waals surface area contributed by atoms with E-state index in [4.69, 9.17) is 4.42 Å². The van der Waals surface area contributed by atoms with Crippen molar-refractivity contribution < 1.29 is 12.8 Å². The van der Waals surface area contributed by atoms with Crippen molar-refractivity contribution in [2.75, 3.05) is 31.1 Å². The average Bonchev–Trinajstić information content (AvgIpc) is 3.13.